The Morgan fingerprint density at radius 1 is 1.07 bits per heavy atom. The largest absolute Gasteiger partial charge is 0.495 e. The van der Waals surface area contributed by atoms with Crippen LogP contribution in [-0.4, -0.2) is 69.1 Å². The zero-order chi connectivity index (χ0) is 19.1. The molecule has 1 fully saturated rings. The summed E-state index contributed by atoms with van der Waals surface area (Å²) in [5.41, 5.74) is 0. The first-order valence-electron chi connectivity index (χ1n) is 9.21. The van der Waals surface area contributed by atoms with Gasteiger partial charge in [-0.3, -0.25) is 0 Å². The Kier molecular flexibility index (Phi) is 6.63. The summed E-state index contributed by atoms with van der Waals surface area (Å²) in [5, 5.41) is 8.13. The second-order valence-corrected chi connectivity index (χ2v) is 8.66. The minimum Gasteiger partial charge on any atom is -0.495 e. The second-order valence-electron chi connectivity index (χ2n) is 6.59. The summed E-state index contributed by atoms with van der Waals surface area (Å²) < 4.78 is 30.5. The fourth-order valence-corrected chi connectivity index (χ4v) is 4.82. The van der Waals surface area contributed by atoms with Gasteiger partial charge in [0.25, 0.3) is 0 Å². The molecule has 27 heavy (non-hydrogen) atoms. The lowest BCUT2D eigenvalue weighted by atomic mass is 10.3. The number of hydrogen-bond donors (Lipinski definition) is 0. The molecule has 1 aromatic carbocycles. The molecular formula is C19H26N4O3S. The molecule has 1 saturated heterocycles. The highest BCUT2D eigenvalue weighted by Crippen LogP contribution is 2.24. The Bertz CT molecular complexity index is 830. The van der Waals surface area contributed by atoms with Gasteiger partial charge in [-0.15, -0.1) is 5.10 Å². The van der Waals surface area contributed by atoms with Crippen LogP contribution < -0.4 is 9.64 Å². The minimum absolute atomic E-state index is 0.123. The highest BCUT2D eigenvalue weighted by atomic mass is 32.2. The van der Waals surface area contributed by atoms with Crippen molar-refractivity contribution in [3.8, 4) is 5.75 Å². The van der Waals surface area contributed by atoms with E-state index in [1.165, 1.54) is 7.11 Å². The molecule has 7 nitrogen and oxygen atoms in total. The summed E-state index contributed by atoms with van der Waals surface area (Å²) in [6.07, 6.45) is 3.30. The number of nitrogens with zero attached hydrogens (tertiary/aromatic N) is 4. The van der Waals surface area contributed by atoms with Crippen LogP contribution in [0.4, 0.5) is 5.82 Å². The highest BCUT2D eigenvalue weighted by Gasteiger charge is 2.20. The summed E-state index contributed by atoms with van der Waals surface area (Å²) in [4.78, 5) is 4.84. The number of anilines is 1. The van der Waals surface area contributed by atoms with Crippen molar-refractivity contribution in [3.05, 3.63) is 42.6 Å². The zero-order valence-corrected chi connectivity index (χ0v) is 16.4. The first-order valence-corrected chi connectivity index (χ1v) is 10.9. The molecule has 0 bridgehead atoms. The third-order valence-electron chi connectivity index (χ3n) is 4.76. The van der Waals surface area contributed by atoms with Gasteiger partial charge in [-0.05, 0) is 50.2 Å². The number of para-hydroxylation sites is 1. The molecule has 1 aromatic heterocycles. The predicted octanol–water partition coefficient (Wildman–Crippen LogP) is 1.86. The normalized spacial score (nSPS) is 16.1. The summed E-state index contributed by atoms with van der Waals surface area (Å²) in [6.45, 7) is 4.44. The Morgan fingerprint density at radius 2 is 1.93 bits per heavy atom. The highest BCUT2D eigenvalue weighted by molar-refractivity contribution is 7.91. The maximum Gasteiger partial charge on any atom is 0.182 e. The number of aromatic nitrogens is 2. The minimum atomic E-state index is -3.35. The van der Waals surface area contributed by atoms with E-state index >= 15 is 0 Å². The van der Waals surface area contributed by atoms with Gasteiger partial charge in [-0.2, -0.15) is 5.10 Å². The molecule has 0 saturated carbocycles. The molecule has 1 aliphatic heterocycles. The smallest absolute Gasteiger partial charge is 0.182 e. The standard InChI is InChI=1S/C19H26N4O3S/c1-26-17-7-2-3-8-18(17)27(24,25)16-6-12-22-11-5-13-23(15-14-22)19-9-4-10-20-21-19/h2-4,7-10H,5-6,11-16H2,1H3. The SMILES string of the molecule is COc1ccccc1S(=O)(=O)CCCN1CCCN(c2cccnn2)CC1. The fraction of sp³-hybridized carbons (Fsp3) is 0.474. The van der Waals surface area contributed by atoms with Gasteiger partial charge >= 0.3 is 0 Å². The molecule has 0 unspecified atom stereocenters. The number of hydrogen-bond acceptors (Lipinski definition) is 7. The van der Waals surface area contributed by atoms with E-state index in [9.17, 15) is 8.42 Å². The van der Waals surface area contributed by atoms with Gasteiger partial charge in [0.05, 0.1) is 12.9 Å². The summed E-state index contributed by atoms with van der Waals surface area (Å²) in [7, 11) is -1.85. The number of benzene rings is 1. The molecule has 0 atom stereocenters. The lowest BCUT2D eigenvalue weighted by Gasteiger charge is -2.22. The molecule has 146 valence electrons. The van der Waals surface area contributed by atoms with Gasteiger partial charge in [-0.1, -0.05) is 12.1 Å². The maximum absolute atomic E-state index is 12.6. The summed E-state index contributed by atoms with van der Waals surface area (Å²) in [5.74, 6) is 1.43. The van der Waals surface area contributed by atoms with E-state index in [2.05, 4.69) is 20.0 Å². The average Bonchev–Trinajstić information content (AvgIpc) is 2.94. The molecule has 2 heterocycles. The molecule has 0 amide bonds. The lowest BCUT2D eigenvalue weighted by molar-refractivity contribution is 0.294. The molecular weight excluding hydrogens is 364 g/mol. The molecule has 0 N–H and O–H groups in total. The third kappa shape index (κ3) is 5.17. The van der Waals surface area contributed by atoms with Crippen LogP contribution in [0.2, 0.25) is 0 Å². The topological polar surface area (TPSA) is 75.6 Å². The summed E-state index contributed by atoms with van der Waals surface area (Å²) in [6, 6.07) is 10.7. The summed E-state index contributed by atoms with van der Waals surface area (Å²) >= 11 is 0. The van der Waals surface area contributed by atoms with Crippen LogP contribution in [0, 0.1) is 0 Å². The van der Waals surface area contributed by atoms with Crippen molar-refractivity contribution in [1.29, 1.82) is 0 Å². The molecule has 0 spiro atoms. The van der Waals surface area contributed by atoms with Crippen molar-refractivity contribution >= 4 is 15.7 Å². The second kappa shape index (κ2) is 9.14. The monoisotopic (exact) mass is 390 g/mol. The van der Waals surface area contributed by atoms with Gasteiger partial charge in [0.2, 0.25) is 0 Å². The van der Waals surface area contributed by atoms with Crippen molar-refractivity contribution in [1.82, 2.24) is 15.1 Å². The molecule has 0 radical (unpaired) electrons. The van der Waals surface area contributed by atoms with Crippen LogP contribution in [-0.2, 0) is 9.84 Å². The van der Waals surface area contributed by atoms with Crippen molar-refractivity contribution in [2.45, 2.75) is 17.7 Å². The molecule has 1 aliphatic rings. The molecule has 0 aliphatic carbocycles. The zero-order valence-electron chi connectivity index (χ0n) is 15.6. The van der Waals surface area contributed by atoms with Gasteiger partial charge in [0.1, 0.15) is 10.6 Å². The Morgan fingerprint density at radius 3 is 2.70 bits per heavy atom. The van der Waals surface area contributed by atoms with E-state index in [0.717, 1.165) is 45.0 Å². The molecule has 3 rings (SSSR count). The average molecular weight is 391 g/mol. The van der Waals surface area contributed by atoms with Crippen LogP contribution in [0.5, 0.6) is 5.75 Å². The van der Waals surface area contributed by atoms with Crippen LogP contribution in [0.15, 0.2) is 47.5 Å². The number of sulfone groups is 1. The van der Waals surface area contributed by atoms with Crippen LogP contribution in [0.3, 0.4) is 0 Å². The van der Waals surface area contributed by atoms with Crippen molar-refractivity contribution < 1.29 is 13.2 Å². The van der Waals surface area contributed by atoms with E-state index in [0.29, 0.717) is 12.2 Å². The fourth-order valence-electron chi connectivity index (χ4n) is 3.35. The Hall–Kier alpha value is -2.19. The van der Waals surface area contributed by atoms with E-state index in [-0.39, 0.29) is 10.6 Å². The van der Waals surface area contributed by atoms with Gasteiger partial charge in [0.15, 0.2) is 15.7 Å². The number of methoxy groups -OCH3 is 1. The first-order chi connectivity index (χ1) is 13.1. The first kappa shape index (κ1) is 19.6. The van der Waals surface area contributed by atoms with Gasteiger partial charge < -0.3 is 14.5 Å². The van der Waals surface area contributed by atoms with Crippen molar-refractivity contribution in [3.63, 3.8) is 0 Å². The van der Waals surface area contributed by atoms with Crippen molar-refractivity contribution in [2.24, 2.45) is 0 Å². The van der Waals surface area contributed by atoms with Crippen LogP contribution >= 0.6 is 0 Å². The Labute approximate surface area is 160 Å². The third-order valence-corrected chi connectivity index (χ3v) is 6.60. The number of rotatable bonds is 7. The van der Waals surface area contributed by atoms with E-state index in [4.69, 9.17) is 4.74 Å². The van der Waals surface area contributed by atoms with E-state index in [1.807, 2.05) is 12.1 Å². The quantitative estimate of drug-likeness (QED) is 0.714. The maximum atomic E-state index is 12.6. The van der Waals surface area contributed by atoms with Gasteiger partial charge in [0, 0.05) is 25.8 Å². The van der Waals surface area contributed by atoms with Crippen molar-refractivity contribution in [2.75, 3.05) is 50.5 Å². The molecule has 8 heteroatoms. The predicted molar refractivity (Wildman–Crippen MR) is 105 cm³/mol. The number of ether oxygens (including phenoxy) is 1. The van der Waals surface area contributed by atoms with Gasteiger partial charge in [-0.25, -0.2) is 8.42 Å². The van der Waals surface area contributed by atoms with Crippen LogP contribution in [0.25, 0.3) is 0 Å². The van der Waals surface area contributed by atoms with E-state index < -0.39 is 9.84 Å². The lowest BCUT2D eigenvalue weighted by Crippen LogP contribution is -2.32. The molecule has 2 aromatic rings. The van der Waals surface area contributed by atoms with Crippen LogP contribution in [0.1, 0.15) is 12.8 Å². The Balaban J connectivity index is 1.52. The van der Waals surface area contributed by atoms with E-state index in [1.54, 1.807) is 30.5 Å².